The molecule has 1 N–H and O–H groups in total. The van der Waals surface area contributed by atoms with Crippen molar-refractivity contribution >= 4 is 5.82 Å². The van der Waals surface area contributed by atoms with Crippen LogP contribution in [0.15, 0.2) is 22.7 Å². The van der Waals surface area contributed by atoms with Crippen LogP contribution in [0.2, 0.25) is 0 Å². The third-order valence-electron chi connectivity index (χ3n) is 2.55. The summed E-state index contributed by atoms with van der Waals surface area (Å²) in [5.74, 6) is 2.93. The predicted molar refractivity (Wildman–Crippen MR) is 68.7 cm³/mol. The number of oxazole rings is 1. The number of hydrogen-bond donors (Lipinski definition) is 1. The van der Waals surface area contributed by atoms with Crippen molar-refractivity contribution in [2.45, 2.75) is 27.3 Å². The van der Waals surface area contributed by atoms with Gasteiger partial charge in [-0.05, 0) is 32.9 Å². The Morgan fingerprint density at radius 3 is 2.89 bits per heavy atom. The normalized spacial score (nSPS) is 10.4. The van der Waals surface area contributed by atoms with Crippen LogP contribution in [0, 0.1) is 13.8 Å². The molecule has 96 valence electrons. The lowest BCUT2D eigenvalue weighted by Crippen LogP contribution is -2.04. The molecule has 0 fully saturated rings. The van der Waals surface area contributed by atoms with Gasteiger partial charge in [0.1, 0.15) is 5.76 Å². The van der Waals surface area contributed by atoms with E-state index in [-0.39, 0.29) is 0 Å². The second-order valence-electron chi connectivity index (χ2n) is 3.89. The Bertz CT molecular complexity index is 503. The van der Waals surface area contributed by atoms with Gasteiger partial charge in [0.25, 0.3) is 0 Å². The summed E-state index contributed by atoms with van der Waals surface area (Å²) < 4.78 is 11.0. The van der Waals surface area contributed by atoms with E-state index in [0.29, 0.717) is 24.9 Å². The van der Waals surface area contributed by atoms with Gasteiger partial charge < -0.3 is 14.5 Å². The third-order valence-corrected chi connectivity index (χ3v) is 2.55. The molecular weight excluding hydrogens is 230 g/mol. The number of rotatable bonds is 5. The van der Waals surface area contributed by atoms with Crippen molar-refractivity contribution in [3.05, 3.63) is 35.7 Å². The molecule has 0 aromatic carbocycles. The lowest BCUT2D eigenvalue weighted by molar-refractivity contribution is 0.340. The minimum Gasteiger partial charge on any atom is -0.490 e. The molecule has 0 aliphatic rings. The van der Waals surface area contributed by atoms with Crippen molar-refractivity contribution < 1.29 is 9.15 Å². The van der Waals surface area contributed by atoms with Crippen molar-refractivity contribution in [2.24, 2.45) is 0 Å². The largest absolute Gasteiger partial charge is 0.490 e. The van der Waals surface area contributed by atoms with E-state index >= 15 is 0 Å². The van der Waals surface area contributed by atoms with Gasteiger partial charge in [-0.25, -0.2) is 9.97 Å². The summed E-state index contributed by atoms with van der Waals surface area (Å²) in [6.07, 6.45) is 1.72. The number of hydrogen-bond acceptors (Lipinski definition) is 5. The summed E-state index contributed by atoms with van der Waals surface area (Å²) >= 11 is 0. The molecule has 0 aliphatic carbocycles. The molecule has 2 rings (SSSR count). The van der Waals surface area contributed by atoms with Crippen molar-refractivity contribution in [1.82, 2.24) is 9.97 Å². The first-order valence-electron chi connectivity index (χ1n) is 5.95. The van der Waals surface area contributed by atoms with E-state index in [4.69, 9.17) is 9.15 Å². The molecule has 0 unspecified atom stereocenters. The van der Waals surface area contributed by atoms with Crippen molar-refractivity contribution in [2.75, 3.05) is 11.9 Å². The van der Waals surface area contributed by atoms with E-state index in [2.05, 4.69) is 15.3 Å². The summed E-state index contributed by atoms with van der Waals surface area (Å²) in [4.78, 5) is 8.54. The number of nitrogens with one attached hydrogen (secondary N) is 1. The van der Waals surface area contributed by atoms with Crippen LogP contribution in [0.25, 0.3) is 0 Å². The van der Waals surface area contributed by atoms with Crippen molar-refractivity contribution in [1.29, 1.82) is 0 Å². The molecule has 2 aromatic heterocycles. The maximum absolute atomic E-state index is 5.49. The zero-order chi connectivity index (χ0) is 13.0. The Balaban J connectivity index is 2.05. The number of pyridine rings is 1. The highest BCUT2D eigenvalue weighted by Crippen LogP contribution is 2.21. The first-order chi connectivity index (χ1) is 8.70. The van der Waals surface area contributed by atoms with E-state index in [1.807, 2.05) is 32.9 Å². The lowest BCUT2D eigenvalue weighted by Gasteiger charge is -2.09. The van der Waals surface area contributed by atoms with Crippen LogP contribution in [-0.2, 0) is 6.54 Å². The van der Waals surface area contributed by atoms with Crippen LogP contribution >= 0.6 is 0 Å². The van der Waals surface area contributed by atoms with Crippen LogP contribution in [-0.4, -0.2) is 16.6 Å². The Hall–Kier alpha value is -2.04. The molecule has 0 amide bonds. The second-order valence-corrected chi connectivity index (χ2v) is 3.89. The highest BCUT2D eigenvalue weighted by atomic mass is 16.5. The number of anilines is 1. The molecule has 18 heavy (non-hydrogen) atoms. The number of aryl methyl sites for hydroxylation is 2. The molecule has 0 spiro atoms. The average Bonchev–Trinajstić information content (AvgIpc) is 2.68. The van der Waals surface area contributed by atoms with Gasteiger partial charge >= 0.3 is 0 Å². The van der Waals surface area contributed by atoms with Gasteiger partial charge in [0, 0.05) is 6.20 Å². The van der Waals surface area contributed by atoms with E-state index < -0.39 is 0 Å². The van der Waals surface area contributed by atoms with Gasteiger partial charge in [0.2, 0.25) is 5.89 Å². The van der Waals surface area contributed by atoms with Gasteiger partial charge in [-0.1, -0.05) is 0 Å². The molecule has 0 bridgehead atoms. The topological polar surface area (TPSA) is 60.2 Å². The molecule has 2 heterocycles. The molecule has 0 aliphatic heterocycles. The van der Waals surface area contributed by atoms with E-state index in [1.54, 1.807) is 6.20 Å². The summed E-state index contributed by atoms with van der Waals surface area (Å²) in [5, 5.41) is 3.16. The highest BCUT2D eigenvalue weighted by molar-refractivity contribution is 5.49. The smallest absolute Gasteiger partial charge is 0.213 e. The van der Waals surface area contributed by atoms with Crippen LogP contribution in [0.5, 0.6) is 5.75 Å². The zero-order valence-electron chi connectivity index (χ0n) is 10.9. The van der Waals surface area contributed by atoms with Crippen molar-refractivity contribution in [3.63, 3.8) is 0 Å². The number of aromatic nitrogens is 2. The molecular formula is C13H17N3O2. The number of nitrogens with zero attached hydrogens (tertiary/aromatic N) is 2. The first kappa shape index (κ1) is 12.4. The van der Waals surface area contributed by atoms with E-state index in [1.165, 1.54) is 0 Å². The standard InChI is InChI=1S/C13H17N3O2/c1-4-17-11-6-5-7-14-13(11)15-8-12-16-9(2)10(3)18-12/h5-7H,4,8H2,1-3H3,(H,14,15). The van der Waals surface area contributed by atoms with Gasteiger partial charge in [-0.3, -0.25) is 0 Å². The lowest BCUT2D eigenvalue weighted by atomic mass is 10.4. The SMILES string of the molecule is CCOc1cccnc1NCc1nc(C)c(C)o1. The Kier molecular flexibility index (Phi) is 3.82. The predicted octanol–water partition coefficient (Wildman–Crippen LogP) is 2.70. The minimum atomic E-state index is 0.492. The van der Waals surface area contributed by atoms with Gasteiger partial charge in [0.05, 0.1) is 18.8 Å². The summed E-state index contributed by atoms with van der Waals surface area (Å²) in [6, 6.07) is 3.72. The van der Waals surface area contributed by atoms with Crippen LogP contribution in [0.3, 0.4) is 0 Å². The average molecular weight is 247 g/mol. The third kappa shape index (κ3) is 2.80. The van der Waals surface area contributed by atoms with Crippen molar-refractivity contribution in [3.8, 4) is 5.75 Å². The number of ether oxygens (including phenoxy) is 1. The molecule has 0 radical (unpaired) electrons. The van der Waals surface area contributed by atoms with E-state index in [0.717, 1.165) is 17.2 Å². The molecule has 2 aromatic rings. The summed E-state index contributed by atoms with van der Waals surface area (Å²) in [6.45, 7) is 6.87. The molecule has 5 nitrogen and oxygen atoms in total. The fourth-order valence-electron chi connectivity index (χ4n) is 1.57. The Morgan fingerprint density at radius 1 is 1.39 bits per heavy atom. The maximum atomic E-state index is 5.49. The summed E-state index contributed by atoms with van der Waals surface area (Å²) in [5.41, 5.74) is 0.915. The van der Waals surface area contributed by atoms with Gasteiger partial charge in [-0.15, -0.1) is 0 Å². The fourth-order valence-corrected chi connectivity index (χ4v) is 1.57. The van der Waals surface area contributed by atoms with Gasteiger partial charge in [0.15, 0.2) is 11.6 Å². The second kappa shape index (κ2) is 5.53. The highest BCUT2D eigenvalue weighted by Gasteiger charge is 2.08. The first-order valence-corrected chi connectivity index (χ1v) is 5.95. The van der Waals surface area contributed by atoms with Gasteiger partial charge in [-0.2, -0.15) is 0 Å². The van der Waals surface area contributed by atoms with Crippen LogP contribution in [0.1, 0.15) is 24.3 Å². The quantitative estimate of drug-likeness (QED) is 0.880. The van der Waals surface area contributed by atoms with E-state index in [9.17, 15) is 0 Å². The Labute approximate surface area is 106 Å². The fraction of sp³-hybridized carbons (Fsp3) is 0.385. The zero-order valence-corrected chi connectivity index (χ0v) is 10.9. The molecule has 0 saturated heterocycles. The summed E-state index contributed by atoms with van der Waals surface area (Å²) in [7, 11) is 0. The molecule has 0 saturated carbocycles. The minimum absolute atomic E-state index is 0.492. The van der Waals surface area contributed by atoms with Crippen LogP contribution < -0.4 is 10.1 Å². The monoisotopic (exact) mass is 247 g/mol. The molecule has 5 heteroatoms. The Morgan fingerprint density at radius 2 is 2.22 bits per heavy atom. The van der Waals surface area contributed by atoms with Crippen LogP contribution in [0.4, 0.5) is 5.82 Å². The molecule has 0 atom stereocenters. The maximum Gasteiger partial charge on any atom is 0.213 e.